The summed E-state index contributed by atoms with van der Waals surface area (Å²) in [5, 5.41) is 3.02. The highest BCUT2D eigenvalue weighted by molar-refractivity contribution is 7.92. The van der Waals surface area contributed by atoms with Gasteiger partial charge in [-0.3, -0.25) is 9.52 Å². The standard InChI is InChI=1S/C21H19ClN2O5S/c1-28-19-13-18(20(29-2)12-17(19)22)23-21(25)14-7-6-10-16(11-14)30(26,27)24-15-8-4-3-5-9-15/h3-13,24H,1-2H3,(H,23,25). The highest BCUT2D eigenvalue weighted by atomic mass is 35.5. The predicted octanol–water partition coefficient (Wildman–Crippen LogP) is 4.41. The van der Waals surface area contributed by atoms with Crippen LogP contribution in [0.2, 0.25) is 5.02 Å². The Bertz CT molecular complexity index is 1170. The summed E-state index contributed by atoms with van der Waals surface area (Å²) >= 11 is 6.08. The number of rotatable bonds is 7. The zero-order valence-corrected chi connectivity index (χ0v) is 17.8. The van der Waals surface area contributed by atoms with E-state index in [9.17, 15) is 13.2 Å². The third kappa shape index (κ3) is 4.84. The van der Waals surface area contributed by atoms with Crippen molar-refractivity contribution in [2.75, 3.05) is 24.3 Å². The van der Waals surface area contributed by atoms with Gasteiger partial charge < -0.3 is 14.8 Å². The normalized spacial score (nSPS) is 10.9. The topological polar surface area (TPSA) is 93.7 Å². The Hall–Kier alpha value is -3.23. The molecular formula is C21H19ClN2O5S. The maximum Gasteiger partial charge on any atom is 0.261 e. The van der Waals surface area contributed by atoms with Gasteiger partial charge in [-0.1, -0.05) is 35.9 Å². The molecule has 0 aliphatic carbocycles. The van der Waals surface area contributed by atoms with E-state index in [1.165, 1.54) is 50.6 Å². The summed E-state index contributed by atoms with van der Waals surface area (Å²) in [7, 11) is -0.971. The molecule has 156 valence electrons. The molecular weight excluding hydrogens is 428 g/mol. The van der Waals surface area contributed by atoms with Crippen molar-refractivity contribution < 1.29 is 22.7 Å². The highest BCUT2D eigenvalue weighted by Gasteiger charge is 2.18. The molecule has 0 aliphatic heterocycles. The quantitative estimate of drug-likeness (QED) is 0.560. The fourth-order valence-corrected chi connectivity index (χ4v) is 4.01. The van der Waals surface area contributed by atoms with Crippen LogP contribution in [-0.2, 0) is 10.0 Å². The lowest BCUT2D eigenvalue weighted by atomic mass is 10.2. The van der Waals surface area contributed by atoms with Gasteiger partial charge in [0.25, 0.3) is 15.9 Å². The summed E-state index contributed by atoms with van der Waals surface area (Å²) in [6.45, 7) is 0. The Morgan fingerprint density at radius 2 is 1.60 bits per heavy atom. The highest BCUT2D eigenvalue weighted by Crippen LogP contribution is 2.36. The average molecular weight is 447 g/mol. The van der Waals surface area contributed by atoms with Gasteiger partial charge in [0.2, 0.25) is 0 Å². The van der Waals surface area contributed by atoms with Crippen LogP contribution in [0.1, 0.15) is 10.4 Å². The SMILES string of the molecule is COc1cc(NC(=O)c2cccc(S(=O)(=O)Nc3ccccc3)c2)c(OC)cc1Cl. The van der Waals surface area contributed by atoms with E-state index in [0.717, 1.165) is 0 Å². The number of ether oxygens (including phenoxy) is 2. The van der Waals surface area contributed by atoms with Gasteiger partial charge in [-0.2, -0.15) is 0 Å². The Morgan fingerprint density at radius 1 is 0.900 bits per heavy atom. The molecule has 30 heavy (non-hydrogen) atoms. The van der Waals surface area contributed by atoms with Crippen molar-refractivity contribution in [2.24, 2.45) is 0 Å². The maximum absolute atomic E-state index is 12.7. The summed E-state index contributed by atoms with van der Waals surface area (Å²) in [5.41, 5.74) is 0.909. The Morgan fingerprint density at radius 3 is 2.27 bits per heavy atom. The first kappa shape index (κ1) is 21.5. The van der Waals surface area contributed by atoms with Gasteiger partial charge in [-0.15, -0.1) is 0 Å². The minimum atomic E-state index is -3.86. The molecule has 0 saturated carbocycles. The van der Waals surface area contributed by atoms with Crippen LogP contribution in [0.5, 0.6) is 11.5 Å². The zero-order chi connectivity index (χ0) is 21.7. The van der Waals surface area contributed by atoms with Crippen molar-refractivity contribution >= 4 is 38.9 Å². The van der Waals surface area contributed by atoms with Crippen molar-refractivity contribution in [1.82, 2.24) is 0 Å². The van der Waals surface area contributed by atoms with Crippen molar-refractivity contribution in [3.63, 3.8) is 0 Å². The van der Waals surface area contributed by atoms with Crippen LogP contribution in [0.15, 0.2) is 71.6 Å². The molecule has 1 amide bonds. The van der Waals surface area contributed by atoms with Crippen LogP contribution in [0, 0.1) is 0 Å². The van der Waals surface area contributed by atoms with Gasteiger partial charge in [0, 0.05) is 23.4 Å². The van der Waals surface area contributed by atoms with E-state index in [0.29, 0.717) is 27.9 Å². The summed E-state index contributed by atoms with van der Waals surface area (Å²) in [6.07, 6.45) is 0. The minimum Gasteiger partial charge on any atom is -0.495 e. The molecule has 0 unspecified atom stereocenters. The van der Waals surface area contributed by atoms with E-state index in [1.54, 1.807) is 30.3 Å². The van der Waals surface area contributed by atoms with E-state index in [2.05, 4.69) is 10.0 Å². The van der Waals surface area contributed by atoms with Gasteiger partial charge in [-0.25, -0.2) is 8.42 Å². The first-order valence-electron chi connectivity index (χ1n) is 8.75. The molecule has 0 radical (unpaired) electrons. The van der Waals surface area contributed by atoms with Crippen LogP contribution in [0.3, 0.4) is 0 Å². The molecule has 0 heterocycles. The van der Waals surface area contributed by atoms with Crippen molar-refractivity contribution in [3.8, 4) is 11.5 Å². The first-order valence-corrected chi connectivity index (χ1v) is 10.6. The summed E-state index contributed by atoms with van der Waals surface area (Å²) in [5.74, 6) is 0.175. The van der Waals surface area contributed by atoms with Gasteiger partial charge >= 0.3 is 0 Å². The molecule has 0 saturated heterocycles. The molecule has 0 atom stereocenters. The summed E-state index contributed by atoms with van der Waals surface area (Å²) < 4.78 is 38.2. The lowest BCUT2D eigenvalue weighted by molar-refractivity contribution is 0.102. The maximum atomic E-state index is 12.7. The molecule has 0 fully saturated rings. The molecule has 9 heteroatoms. The molecule has 0 bridgehead atoms. The number of halogens is 1. The van der Waals surface area contributed by atoms with Crippen LogP contribution in [0.4, 0.5) is 11.4 Å². The number of nitrogens with one attached hydrogen (secondary N) is 2. The van der Waals surface area contributed by atoms with Gasteiger partial charge in [0.05, 0.1) is 29.8 Å². The number of hydrogen-bond acceptors (Lipinski definition) is 5. The van der Waals surface area contributed by atoms with Crippen molar-refractivity contribution in [3.05, 3.63) is 77.3 Å². The zero-order valence-electron chi connectivity index (χ0n) is 16.2. The Kier molecular flexibility index (Phi) is 6.49. The smallest absolute Gasteiger partial charge is 0.261 e. The average Bonchev–Trinajstić information content (AvgIpc) is 2.75. The van der Waals surface area contributed by atoms with Crippen LogP contribution < -0.4 is 19.5 Å². The number of para-hydroxylation sites is 1. The largest absolute Gasteiger partial charge is 0.495 e. The lowest BCUT2D eigenvalue weighted by Gasteiger charge is -2.14. The van der Waals surface area contributed by atoms with Crippen LogP contribution >= 0.6 is 11.6 Å². The van der Waals surface area contributed by atoms with Crippen molar-refractivity contribution in [1.29, 1.82) is 0 Å². The van der Waals surface area contributed by atoms with Crippen LogP contribution in [0.25, 0.3) is 0 Å². The third-order valence-electron chi connectivity index (χ3n) is 4.15. The molecule has 3 rings (SSSR count). The van der Waals surface area contributed by atoms with Crippen LogP contribution in [-0.4, -0.2) is 28.5 Å². The second-order valence-electron chi connectivity index (χ2n) is 6.14. The molecule has 0 aliphatic rings. The fraction of sp³-hybridized carbons (Fsp3) is 0.0952. The summed E-state index contributed by atoms with van der Waals surface area (Å²) in [4.78, 5) is 12.7. The van der Waals surface area contributed by atoms with E-state index in [-0.39, 0.29) is 10.5 Å². The number of anilines is 2. The second kappa shape index (κ2) is 9.06. The summed E-state index contributed by atoms with van der Waals surface area (Å²) in [6, 6.07) is 17.2. The Balaban J connectivity index is 1.87. The molecule has 2 N–H and O–H groups in total. The van der Waals surface area contributed by atoms with Gasteiger partial charge in [0.15, 0.2) is 0 Å². The van der Waals surface area contributed by atoms with Gasteiger partial charge in [-0.05, 0) is 30.3 Å². The number of hydrogen-bond donors (Lipinski definition) is 2. The number of carbonyl (C=O) groups excluding carboxylic acids is 1. The monoisotopic (exact) mass is 446 g/mol. The molecule has 3 aromatic rings. The minimum absolute atomic E-state index is 0.0420. The number of methoxy groups -OCH3 is 2. The molecule has 7 nitrogen and oxygen atoms in total. The number of benzene rings is 3. The number of amides is 1. The Labute approximate surface area is 179 Å². The van der Waals surface area contributed by atoms with E-state index < -0.39 is 15.9 Å². The van der Waals surface area contributed by atoms with E-state index >= 15 is 0 Å². The number of sulfonamides is 1. The molecule has 0 spiro atoms. The lowest BCUT2D eigenvalue weighted by Crippen LogP contribution is -2.16. The van der Waals surface area contributed by atoms with Gasteiger partial charge in [0.1, 0.15) is 11.5 Å². The molecule has 0 aromatic heterocycles. The predicted molar refractivity (Wildman–Crippen MR) is 116 cm³/mol. The number of carbonyl (C=O) groups is 1. The molecule has 3 aromatic carbocycles. The van der Waals surface area contributed by atoms with E-state index in [1.807, 2.05) is 0 Å². The van der Waals surface area contributed by atoms with E-state index in [4.69, 9.17) is 21.1 Å². The van der Waals surface area contributed by atoms with Crippen molar-refractivity contribution in [2.45, 2.75) is 4.90 Å². The third-order valence-corrected chi connectivity index (χ3v) is 5.83. The second-order valence-corrected chi connectivity index (χ2v) is 8.23. The first-order chi connectivity index (χ1) is 14.3. The fourth-order valence-electron chi connectivity index (χ4n) is 2.68.